The number of anilines is 3. The molecule has 8 heteroatoms. The molecule has 4 aromatic rings. The summed E-state index contributed by atoms with van der Waals surface area (Å²) in [7, 11) is 0. The summed E-state index contributed by atoms with van der Waals surface area (Å²) in [5.74, 6) is 0.606. The van der Waals surface area contributed by atoms with Gasteiger partial charge < -0.3 is 10.2 Å². The van der Waals surface area contributed by atoms with Crippen LogP contribution >= 0.6 is 15.9 Å². The number of nitrogens with one attached hydrogen (secondary N) is 1. The fraction of sp³-hybridized carbons (Fsp3) is 0.120. The Morgan fingerprint density at radius 1 is 1.09 bits per heavy atom. The third kappa shape index (κ3) is 4.05. The number of carbonyl (C=O) groups is 1. The van der Waals surface area contributed by atoms with Crippen molar-refractivity contribution in [1.29, 1.82) is 0 Å². The Kier molecular flexibility index (Phi) is 5.30. The Morgan fingerprint density at radius 2 is 1.88 bits per heavy atom. The monoisotopic (exact) mass is 502 g/mol. The number of halogens is 1. The van der Waals surface area contributed by atoms with Crippen LogP contribution in [0, 0.1) is 17.0 Å². The predicted molar refractivity (Wildman–Crippen MR) is 132 cm³/mol. The predicted octanol–water partition coefficient (Wildman–Crippen LogP) is 6.16. The van der Waals surface area contributed by atoms with Crippen LogP contribution in [0.25, 0.3) is 10.9 Å². The van der Waals surface area contributed by atoms with Gasteiger partial charge in [-0.15, -0.1) is 0 Å². The number of rotatable bonds is 4. The summed E-state index contributed by atoms with van der Waals surface area (Å²) in [5.41, 5.74) is 5.03. The van der Waals surface area contributed by atoms with Crippen LogP contribution in [-0.2, 0) is 6.42 Å². The normalized spacial score (nSPS) is 12.6. The third-order valence-corrected chi connectivity index (χ3v) is 6.43. The number of amides is 1. The van der Waals surface area contributed by atoms with Gasteiger partial charge in [-0.3, -0.25) is 14.9 Å². The molecule has 0 aliphatic carbocycles. The van der Waals surface area contributed by atoms with Crippen molar-refractivity contribution in [3.8, 4) is 0 Å². The van der Waals surface area contributed by atoms with Gasteiger partial charge in [0, 0.05) is 39.8 Å². The number of carbonyl (C=O) groups excluding carboxylic acids is 1. The summed E-state index contributed by atoms with van der Waals surface area (Å²) in [4.78, 5) is 30.3. The van der Waals surface area contributed by atoms with E-state index in [1.807, 2.05) is 12.1 Å². The second kappa shape index (κ2) is 8.29. The van der Waals surface area contributed by atoms with Gasteiger partial charge in [-0.25, -0.2) is 4.98 Å². The number of aryl methyl sites for hydroxylation is 1. The lowest BCUT2D eigenvalue weighted by Gasteiger charge is -2.19. The van der Waals surface area contributed by atoms with E-state index in [2.05, 4.69) is 57.3 Å². The highest BCUT2D eigenvalue weighted by Gasteiger charge is 2.23. The average molecular weight is 503 g/mol. The van der Waals surface area contributed by atoms with E-state index < -0.39 is 4.92 Å². The number of non-ortho nitro benzene ring substituents is 1. The molecule has 0 unspecified atom stereocenters. The first-order valence-electron chi connectivity index (χ1n) is 10.4. The number of aromatic nitrogens is 1. The number of nitro benzene ring substituents is 1. The summed E-state index contributed by atoms with van der Waals surface area (Å²) in [6.45, 7) is 2.88. The Morgan fingerprint density at radius 3 is 2.64 bits per heavy atom. The first kappa shape index (κ1) is 21.1. The molecule has 0 atom stereocenters. The smallest absolute Gasteiger partial charge is 0.271 e. The Hall–Kier alpha value is -3.78. The number of fused-ring (bicyclic) bond motifs is 2. The molecule has 0 spiro atoms. The maximum absolute atomic E-state index is 12.7. The second-order valence-electron chi connectivity index (χ2n) is 7.99. The van der Waals surface area contributed by atoms with Gasteiger partial charge in [-0.1, -0.05) is 12.1 Å². The van der Waals surface area contributed by atoms with Gasteiger partial charge in [0.15, 0.2) is 0 Å². The van der Waals surface area contributed by atoms with Crippen molar-refractivity contribution in [2.45, 2.75) is 13.3 Å². The molecule has 1 aliphatic heterocycles. The van der Waals surface area contributed by atoms with Gasteiger partial charge in [0.05, 0.1) is 16.1 Å². The maximum Gasteiger partial charge on any atom is 0.271 e. The fourth-order valence-corrected chi connectivity index (χ4v) is 4.37. The highest BCUT2D eigenvalue weighted by molar-refractivity contribution is 9.10. The number of hydrogen-bond acceptors (Lipinski definition) is 5. The molecular weight excluding hydrogens is 484 g/mol. The largest absolute Gasteiger partial charge is 0.326 e. The van der Waals surface area contributed by atoms with Crippen molar-refractivity contribution < 1.29 is 9.72 Å². The third-order valence-electron chi connectivity index (χ3n) is 5.74. The molecule has 1 N–H and O–H groups in total. The van der Waals surface area contributed by atoms with Crippen molar-refractivity contribution in [3.63, 3.8) is 0 Å². The van der Waals surface area contributed by atoms with Crippen LogP contribution in [0.2, 0.25) is 0 Å². The van der Waals surface area contributed by atoms with Crippen LogP contribution in [0.3, 0.4) is 0 Å². The van der Waals surface area contributed by atoms with E-state index in [-0.39, 0.29) is 11.6 Å². The van der Waals surface area contributed by atoms with E-state index in [9.17, 15) is 14.9 Å². The fourth-order valence-electron chi connectivity index (χ4n) is 4.03. The summed E-state index contributed by atoms with van der Waals surface area (Å²) < 4.78 is 0.570. The highest BCUT2D eigenvalue weighted by atomic mass is 79.9. The molecule has 1 amide bonds. The van der Waals surface area contributed by atoms with Gasteiger partial charge in [0.2, 0.25) is 0 Å². The standard InChI is InChI=1S/C25H19BrN4O3/c1-15-2-3-17-13-18-10-11-29(24(18)27-22(17)12-15)19-6-4-16(5-7-19)25(31)28-23-14-20(30(32)33)8-9-21(23)26/h2-9,12-14H,10-11H2,1H3,(H,28,31). The molecular formula is C25H19BrN4O3. The molecule has 0 bridgehead atoms. The van der Waals surface area contributed by atoms with E-state index in [1.54, 1.807) is 18.2 Å². The Labute approximate surface area is 198 Å². The van der Waals surface area contributed by atoms with E-state index in [1.165, 1.54) is 23.3 Å². The van der Waals surface area contributed by atoms with Crippen LogP contribution in [0.1, 0.15) is 21.5 Å². The van der Waals surface area contributed by atoms with Crippen LogP contribution in [0.4, 0.5) is 22.9 Å². The molecule has 3 aromatic carbocycles. The lowest BCUT2D eigenvalue weighted by molar-refractivity contribution is -0.384. The van der Waals surface area contributed by atoms with Gasteiger partial charge in [0.1, 0.15) is 5.82 Å². The molecule has 0 saturated heterocycles. The second-order valence-corrected chi connectivity index (χ2v) is 8.85. The lowest BCUT2D eigenvalue weighted by atomic mass is 10.1. The van der Waals surface area contributed by atoms with Crippen molar-refractivity contribution in [2.24, 2.45) is 0 Å². The topological polar surface area (TPSA) is 88.4 Å². The summed E-state index contributed by atoms with van der Waals surface area (Å²) >= 11 is 3.32. The number of nitrogens with zero attached hydrogens (tertiary/aromatic N) is 3. The number of nitro groups is 1. The van der Waals surface area contributed by atoms with E-state index >= 15 is 0 Å². The summed E-state index contributed by atoms with van der Waals surface area (Å²) in [6, 6.07) is 20.0. The molecule has 1 aliphatic rings. The van der Waals surface area contributed by atoms with E-state index in [4.69, 9.17) is 4.98 Å². The first-order valence-corrected chi connectivity index (χ1v) is 11.2. The Balaban J connectivity index is 1.38. The van der Waals surface area contributed by atoms with Crippen LogP contribution in [0.5, 0.6) is 0 Å². The molecule has 33 heavy (non-hydrogen) atoms. The van der Waals surface area contributed by atoms with Gasteiger partial charge >= 0.3 is 0 Å². The average Bonchev–Trinajstić information content (AvgIpc) is 3.21. The minimum absolute atomic E-state index is 0.0910. The van der Waals surface area contributed by atoms with Crippen molar-refractivity contribution in [2.75, 3.05) is 16.8 Å². The van der Waals surface area contributed by atoms with Gasteiger partial charge in [0.25, 0.3) is 11.6 Å². The molecule has 0 fully saturated rings. The zero-order valence-corrected chi connectivity index (χ0v) is 19.3. The molecule has 164 valence electrons. The highest BCUT2D eigenvalue weighted by Crippen LogP contribution is 2.35. The SMILES string of the molecule is Cc1ccc2cc3c(nc2c1)N(c1ccc(C(=O)Nc2cc([N+](=O)[O-])ccc2Br)cc1)CC3. The Bertz CT molecular complexity index is 1420. The number of pyridine rings is 1. The van der Waals surface area contributed by atoms with Crippen LogP contribution in [0.15, 0.2) is 71.2 Å². The number of hydrogen-bond donors (Lipinski definition) is 1. The number of benzene rings is 3. The first-order chi connectivity index (χ1) is 15.9. The van der Waals surface area contributed by atoms with Crippen molar-refractivity contribution in [3.05, 3.63) is 98.0 Å². The quantitative estimate of drug-likeness (QED) is 0.266. The van der Waals surface area contributed by atoms with Crippen LogP contribution in [-0.4, -0.2) is 22.4 Å². The minimum atomic E-state index is -0.497. The molecule has 0 radical (unpaired) electrons. The van der Waals surface area contributed by atoms with E-state index in [0.29, 0.717) is 15.7 Å². The lowest BCUT2D eigenvalue weighted by Crippen LogP contribution is -2.16. The summed E-state index contributed by atoms with van der Waals surface area (Å²) in [5, 5.41) is 14.9. The molecule has 0 saturated carbocycles. The van der Waals surface area contributed by atoms with E-state index in [0.717, 1.165) is 35.4 Å². The van der Waals surface area contributed by atoms with Crippen LogP contribution < -0.4 is 10.2 Å². The molecule has 1 aromatic heterocycles. The molecule has 5 rings (SSSR count). The summed E-state index contributed by atoms with van der Waals surface area (Å²) in [6.07, 6.45) is 0.912. The van der Waals surface area contributed by atoms with Gasteiger partial charge in [-0.2, -0.15) is 0 Å². The molecule has 2 heterocycles. The van der Waals surface area contributed by atoms with Crippen molar-refractivity contribution >= 4 is 55.6 Å². The van der Waals surface area contributed by atoms with Crippen molar-refractivity contribution in [1.82, 2.24) is 4.98 Å². The molecule has 7 nitrogen and oxygen atoms in total. The van der Waals surface area contributed by atoms with Gasteiger partial charge in [-0.05, 0) is 82.9 Å². The zero-order chi connectivity index (χ0) is 23.1. The minimum Gasteiger partial charge on any atom is -0.326 e. The maximum atomic E-state index is 12.7. The zero-order valence-electron chi connectivity index (χ0n) is 17.7.